The summed E-state index contributed by atoms with van der Waals surface area (Å²) in [7, 11) is 0. The topological polar surface area (TPSA) is 53.4 Å². The monoisotopic (exact) mass is 308 g/mol. The number of carbonyl (C=O) groups is 1. The molecule has 3 rings (SSSR count). The van der Waals surface area contributed by atoms with E-state index in [1.807, 2.05) is 0 Å². The van der Waals surface area contributed by atoms with Crippen molar-refractivity contribution in [3.63, 3.8) is 0 Å². The van der Waals surface area contributed by atoms with Crippen LogP contribution in [0.5, 0.6) is 0 Å². The molecule has 0 aliphatic heterocycles. The summed E-state index contributed by atoms with van der Waals surface area (Å²) < 4.78 is 0. The fourth-order valence-electron chi connectivity index (χ4n) is 3.25. The van der Waals surface area contributed by atoms with Gasteiger partial charge in [-0.25, -0.2) is 4.98 Å². The molecule has 0 radical (unpaired) electrons. The van der Waals surface area contributed by atoms with Gasteiger partial charge in [-0.05, 0) is 32.6 Å². The molecule has 0 saturated heterocycles. The first kappa shape index (κ1) is 15.0. The summed E-state index contributed by atoms with van der Waals surface area (Å²) in [4.78, 5) is 18.2. The molecule has 21 heavy (non-hydrogen) atoms. The van der Waals surface area contributed by atoms with Crippen LogP contribution in [0.15, 0.2) is 5.38 Å². The Morgan fingerprint density at radius 1 is 1.38 bits per heavy atom. The van der Waals surface area contributed by atoms with E-state index in [-0.39, 0.29) is 0 Å². The quantitative estimate of drug-likeness (QED) is 0.872. The lowest BCUT2D eigenvalue weighted by atomic mass is 9.90. The van der Waals surface area contributed by atoms with Crippen molar-refractivity contribution in [3.05, 3.63) is 16.1 Å². The van der Waals surface area contributed by atoms with E-state index in [0.29, 0.717) is 18.5 Å². The predicted molar refractivity (Wildman–Crippen MR) is 83.6 cm³/mol. The van der Waals surface area contributed by atoms with Crippen molar-refractivity contribution in [3.8, 4) is 0 Å². The Kier molecular flexibility index (Phi) is 4.60. The van der Waals surface area contributed by atoms with Gasteiger partial charge in [-0.3, -0.25) is 9.69 Å². The van der Waals surface area contributed by atoms with Crippen molar-refractivity contribution in [2.75, 3.05) is 0 Å². The van der Waals surface area contributed by atoms with Gasteiger partial charge in [0.2, 0.25) is 0 Å². The summed E-state index contributed by atoms with van der Waals surface area (Å²) in [6.45, 7) is 2.47. The third-order valence-corrected chi connectivity index (χ3v) is 5.80. The van der Waals surface area contributed by atoms with Crippen LogP contribution in [-0.2, 0) is 11.3 Å². The predicted octanol–water partition coefficient (Wildman–Crippen LogP) is 3.63. The van der Waals surface area contributed by atoms with Gasteiger partial charge >= 0.3 is 5.97 Å². The van der Waals surface area contributed by atoms with Crippen LogP contribution in [0.25, 0.3) is 0 Å². The highest BCUT2D eigenvalue weighted by Gasteiger charge is 2.35. The third kappa shape index (κ3) is 3.64. The lowest BCUT2D eigenvalue weighted by molar-refractivity contribution is -0.143. The lowest BCUT2D eigenvalue weighted by Gasteiger charge is -2.25. The van der Waals surface area contributed by atoms with Gasteiger partial charge in [0.05, 0.1) is 10.7 Å². The molecule has 1 aromatic rings. The summed E-state index contributed by atoms with van der Waals surface area (Å²) >= 11 is 1.77. The highest BCUT2D eigenvalue weighted by atomic mass is 32.1. The second-order valence-corrected chi connectivity index (χ2v) is 7.32. The van der Waals surface area contributed by atoms with Crippen LogP contribution in [-0.4, -0.2) is 33.0 Å². The van der Waals surface area contributed by atoms with Gasteiger partial charge in [0.1, 0.15) is 6.04 Å². The minimum atomic E-state index is -0.732. The van der Waals surface area contributed by atoms with E-state index in [4.69, 9.17) is 4.98 Å². The standard InChI is InChI=1S/C16H24N2O2S/c1-11(16(19)20)18(14-7-8-14)9-13-10-21-15(17-13)12-5-3-2-4-6-12/h10-12,14H,2-9H2,1H3,(H,19,20). The molecule has 0 aromatic carbocycles. The van der Waals surface area contributed by atoms with E-state index in [0.717, 1.165) is 18.5 Å². The second-order valence-electron chi connectivity index (χ2n) is 6.43. The number of thiazole rings is 1. The molecule has 116 valence electrons. The average Bonchev–Trinajstić information content (AvgIpc) is 3.23. The molecule has 0 amide bonds. The van der Waals surface area contributed by atoms with Gasteiger partial charge < -0.3 is 5.11 Å². The first-order valence-corrected chi connectivity index (χ1v) is 8.96. The molecule has 1 heterocycles. The smallest absolute Gasteiger partial charge is 0.320 e. The summed E-state index contributed by atoms with van der Waals surface area (Å²) in [6, 6.07) is 0.0215. The Balaban J connectivity index is 1.66. The van der Waals surface area contributed by atoms with Crippen molar-refractivity contribution in [2.24, 2.45) is 0 Å². The van der Waals surface area contributed by atoms with E-state index in [9.17, 15) is 9.90 Å². The zero-order valence-corrected chi connectivity index (χ0v) is 13.4. The number of aromatic nitrogens is 1. The summed E-state index contributed by atoms with van der Waals surface area (Å²) in [5.74, 6) is -0.0894. The maximum atomic E-state index is 11.3. The van der Waals surface area contributed by atoms with Crippen LogP contribution in [0.1, 0.15) is 68.5 Å². The highest BCUT2D eigenvalue weighted by molar-refractivity contribution is 7.09. The third-order valence-electron chi connectivity index (χ3n) is 4.74. The van der Waals surface area contributed by atoms with Gasteiger partial charge in [-0.2, -0.15) is 0 Å². The fraction of sp³-hybridized carbons (Fsp3) is 0.750. The Morgan fingerprint density at radius 3 is 2.71 bits per heavy atom. The minimum absolute atomic E-state index is 0.419. The summed E-state index contributed by atoms with van der Waals surface area (Å²) in [5, 5.41) is 12.7. The summed E-state index contributed by atoms with van der Waals surface area (Å²) in [6.07, 6.45) is 8.79. The van der Waals surface area contributed by atoms with E-state index in [2.05, 4.69) is 10.3 Å². The Bertz CT molecular complexity index is 492. The van der Waals surface area contributed by atoms with Crippen molar-refractivity contribution < 1.29 is 9.90 Å². The van der Waals surface area contributed by atoms with E-state index < -0.39 is 12.0 Å². The molecule has 2 aliphatic carbocycles. The van der Waals surface area contributed by atoms with Crippen LogP contribution in [0, 0.1) is 0 Å². The Labute approximate surface area is 130 Å². The van der Waals surface area contributed by atoms with Gasteiger partial charge in [0.15, 0.2) is 0 Å². The normalized spacial score (nSPS) is 21.6. The average molecular weight is 308 g/mol. The largest absolute Gasteiger partial charge is 0.480 e. The number of carboxylic acids is 1. The lowest BCUT2D eigenvalue weighted by Crippen LogP contribution is -2.40. The number of hydrogen-bond donors (Lipinski definition) is 1. The highest BCUT2D eigenvalue weighted by Crippen LogP contribution is 2.35. The van der Waals surface area contributed by atoms with E-state index in [1.54, 1.807) is 18.3 Å². The van der Waals surface area contributed by atoms with Crippen LogP contribution < -0.4 is 0 Å². The van der Waals surface area contributed by atoms with Crippen molar-refractivity contribution >= 4 is 17.3 Å². The number of carboxylic acid groups (broad SMARTS) is 1. The van der Waals surface area contributed by atoms with Crippen LogP contribution in [0.3, 0.4) is 0 Å². The van der Waals surface area contributed by atoms with Gasteiger partial charge in [0.25, 0.3) is 0 Å². The van der Waals surface area contributed by atoms with Crippen LogP contribution >= 0.6 is 11.3 Å². The van der Waals surface area contributed by atoms with Crippen molar-refractivity contribution in [1.82, 2.24) is 9.88 Å². The minimum Gasteiger partial charge on any atom is -0.480 e. The number of nitrogens with zero attached hydrogens (tertiary/aromatic N) is 2. The zero-order valence-electron chi connectivity index (χ0n) is 12.6. The first-order chi connectivity index (χ1) is 10.1. The molecule has 1 N–H and O–H groups in total. The molecule has 2 saturated carbocycles. The van der Waals surface area contributed by atoms with Crippen LogP contribution in [0.4, 0.5) is 0 Å². The molecular formula is C16H24N2O2S. The molecule has 0 spiro atoms. The second kappa shape index (κ2) is 6.44. The Hall–Kier alpha value is -0.940. The zero-order chi connectivity index (χ0) is 14.8. The number of hydrogen-bond acceptors (Lipinski definition) is 4. The van der Waals surface area contributed by atoms with Crippen LogP contribution in [0.2, 0.25) is 0 Å². The molecule has 1 atom stereocenters. The molecule has 5 heteroatoms. The summed E-state index contributed by atoms with van der Waals surface area (Å²) in [5.41, 5.74) is 1.06. The van der Waals surface area contributed by atoms with Gasteiger partial charge in [0, 0.05) is 23.9 Å². The molecule has 2 aliphatic rings. The first-order valence-electron chi connectivity index (χ1n) is 8.08. The molecule has 0 bridgehead atoms. The van der Waals surface area contributed by atoms with Gasteiger partial charge in [-0.1, -0.05) is 19.3 Å². The maximum Gasteiger partial charge on any atom is 0.320 e. The SMILES string of the molecule is CC(C(=O)O)N(Cc1csc(C2CCCCC2)n1)C1CC1. The van der Waals surface area contributed by atoms with E-state index >= 15 is 0 Å². The number of rotatable bonds is 6. The molecular weight excluding hydrogens is 284 g/mol. The van der Waals surface area contributed by atoms with Crippen molar-refractivity contribution in [1.29, 1.82) is 0 Å². The fourth-order valence-corrected chi connectivity index (χ4v) is 4.23. The molecule has 2 fully saturated rings. The van der Waals surface area contributed by atoms with Crippen molar-refractivity contribution in [2.45, 2.75) is 76.4 Å². The van der Waals surface area contributed by atoms with E-state index in [1.165, 1.54) is 37.1 Å². The Morgan fingerprint density at radius 2 is 2.10 bits per heavy atom. The number of aliphatic carboxylic acids is 1. The molecule has 1 unspecified atom stereocenters. The maximum absolute atomic E-state index is 11.3. The van der Waals surface area contributed by atoms with Gasteiger partial charge in [-0.15, -0.1) is 11.3 Å². The molecule has 1 aromatic heterocycles. The molecule has 4 nitrogen and oxygen atoms in total.